The molecule has 0 aliphatic carbocycles. The molecular weight excluding hydrogens is 563 g/mol. The van der Waals surface area contributed by atoms with E-state index in [-0.39, 0.29) is 12.8 Å². The number of hydrogen-bond acceptors (Lipinski definition) is 9. The molecule has 0 aromatic rings. The number of carbonyl (C=O) groups is 2. The summed E-state index contributed by atoms with van der Waals surface area (Å²) >= 11 is 0. The Hall–Kier alpha value is -1.03. The van der Waals surface area contributed by atoms with Crippen LogP contribution in [0.25, 0.3) is 0 Å². The van der Waals surface area contributed by atoms with Crippen molar-refractivity contribution in [1.29, 1.82) is 0 Å². The minimum absolute atomic E-state index is 0.187. The third-order valence-corrected chi connectivity index (χ3v) is 8.02. The van der Waals surface area contributed by atoms with Crippen molar-refractivity contribution < 1.29 is 47.8 Å². The zero-order valence-electron chi connectivity index (χ0n) is 26.5. The molecule has 3 atom stereocenters. The van der Waals surface area contributed by atoms with Crippen LogP contribution in [0, 0.1) is 0 Å². The maximum atomic E-state index is 12.2. The number of hydrogen-bond donors (Lipinski definition) is 3. The summed E-state index contributed by atoms with van der Waals surface area (Å²) in [6, 6.07) is 0. The molecule has 42 heavy (non-hydrogen) atoms. The second-order valence-electron chi connectivity index (χ2n) is 11.2. The summed E-state index contributed by atoms with van der Waals surface area (Å²) in [6.07, 6.45) is 20.1. The van der Waals surface area contributed by atoms with Crippen LogP contribution in [-0.4, -0.2) is 65.7 Å². The van der Waals surface area contributed by atoms with Crippen molar-refractivity contribution >= 4 is 19.8 Å². The molecule has 0 amide bonds. The predicted octanol–water partition coefficient (Wildman–Crippen LogP) is 7.16. The molecule has 0 aromatic heterocycles. The van der Waals surface area contributed by atoms with Crippen molar-refractivity contribution in [2.75, 3.05) is 26.4 Å². The molecule has 0 heterocycles. The van der Waals surface area contributed by atoms with Crippen molar-refractivity contribution in [2.45, 2.75) is 161 Å². The second kappa shape index (κ2) is 28.7. The molecule has 0 spiro atoms. The van der Waals surface area contributed by atoms with Gasteiger partial charge in [-0.1, -0.05) is 123 Å². The van der Waals surface area contributed by atoms with E-state index < -0.39 is 58.4 Å². The molecule has 0 fully saturated rings. The highest BCUT2D eigenvalue weighted by molar-refractivity contribution is 7.47. The predicted molar refractivity (Wildman–Crippen MR) is 164 cm³/mol. The average Bonchev–Trinajstić information content (AvgIpc) is 2.97. The molecule has 0 bridgehead atoms. The van der Waals surface area contributed by atoms with Crippen LogP contribution >= 0.6 is 7.82 Å². The lowest BCUT2D eigenvalue weighted by atomic mass is 10.0. The number of aliphatic hydroxyl groups is 2. The van der Waals surface area contributed by atoms with Gasteiger partial charge in [0.2, 0.25) is 0 Å². The largest absolute Gasteiger partial charge is 0.472 e. The summed E-state index contributed by atoms with van der Waals surface area (Å²) in [5.74, 6) is -1.03. The fraction of sp³-hybridized carbons (Fsp3) is 0.935. The number of carbonyl (C=O) groups excluding carboxylic acids is 2. The minimum atomic E-state index is -4.60. The van der Waals surface area contributed by atoms with E-state index in [0.717, 1.165) is 38.5 Å². The summed E-state index contributed by atoms with van der Waals surface area (Å²) < 4.78 is 32.0. The molecule has 0 rings (SSSR count). The lowest BCUT2D eigenvalue weighted by molar-refractivity contribution is -0.153. The van der Waals surface area contributed by atoms with Crippen LogP contribution in [-0.2, 0) is 32.7 Å². The van der Waals surface area contributed by atoms with Crippen LogP contribution in [0.2, 0.25) is 0 Å². The summed E-state index contributed by atoms with van der Waals surface area (Å²) in [7, 11) is -4.60. The molecule has 3 N–H and O–H groups in total. The summed E-state index contributed by atoms with van der Waals surface area (Å²) in [5.41, 5.74) is 0. The van der Waals surface area contributed by atoms with Gasteiger partial charge in [0.05, 0.1) is 26.4 Å². The molecule has 11 heteroatoms. The van der Waals surface area contributed by atoms with Gasteiger partial charge in [0.15, 0.2) is 0 Å². The van der Waals surface area contributed by atoms with E-state index in [2.05, 4.69) is 13.8 Å². The Bertz CT molecular complexity index is 691. The molecule has 250 valence electrons. The molecule has 0 radical (unpaired) electrons. The van der Waals surface area contributed by atoms with Gasteiger partial charge in [-0.05, 0) is 12.8 Å². The smallest absolute Gasteiger partial charge is 0.457 e. The van der Waals surface area contributed by atoms with E-state index in [4.69, 9.17) is 18.5 Å². The summed E-state index contributed by atoms with van der Waals surface area (Å²) in [5, 5.41) is 18.9. The molecule has 0 aromatic carbocycles. The van der Waals surface area contributed by atoms with E-state index in [9.17, 15) is 29.3 Å². The van der Waals surface area contributed by atoms with Crippen LogP contribution in [0.1, 0.15) is 149 Å². The standard InChI is InChI=1S/C31H61O10P/c1-3-5-7-9-10-11-12-13-14-15-16-17-18-19-21-23-31(35)41-29(25-33)27-39-42(36,37)38-26-28(24-32)40-30(34)22-20-8-6-4-2/h28-29,32-33H,3-27H2,1-2H3,(H,36,37). The number of aliphatic hydroxyl groups excluding tert-OH is 2. The summed E-state index contributed by atoms with van der Waals surface area (Å²) in [4.78, 5) is 33.9. The van der Waals surface area contributed by atoms with Gasteiger partial charge in [0, 0.05) is 12.8 Å². The van der Waals surface area contributed by atoms with Crippen molar-refractivity contribution in [3.05, 3.63) is 0 Å². The normalized spacial score (nSPS) is 14.3. The Labute approximate surface area is 254 Å². The Morgan fingerprint density at radius 1 is 0.548 bits per heavy atom. The van der Waals surface area contributed by atoms with Crippen molar-refractivity contribution in [3.8, 4) is 0 Å². The monoisotopic (exact) mass is 624 g/mol. The van der Waals surface area contributed by atoms with Gasteiger partial charge in [-0.15, -0.1) is 0 Å². The number of esters is 2. The first-order valence-electron chi connectivity index (χ1n) is 16.5. The van der Waals surface area contributed by atoms with Gasteiger partial charge in [-0.3, -0.25) is 18.6 Å². The lowest BCUT2D eigenvalue weighted by Gasteiger charge is -2.20. The molecule has 0 aliphatic rings. The maximum Gasteiger partial charge on any atom is 0.472 e. The lowest BCUT2D eigenvalue weighted by Crippen LogP contribution is -2.28. The Kier molecular flexibility index (Phi) is 28.0. The van der Waals surface area contributed by atoms with Gasteiger partial charge >= 0.3 is 19.8 Å². The third kappa shape index (κ3) is 26.6. The van der Waals surface area contributed by atoms with Crippen LogP contribution in [0.4, 0.5) is 0 Å². The highest BCUT2D eigenvalue weighted by Gasteiger charge is 2.27. The van der Waals surface area contributed by atoms with E-state index in [0.29, 0.717) is 12.8 Å². The van der Waals surface area contributed by atoms with Crippen molar-refractivity contribution in [1.82, 2.24) is 0 Å². The number of unbranched alkanes of at least 4 members (excludes halogenated alkanes) is 17. The first-order chi connectivity index (χ1) is 20.3. The van der Waals surface area contributed by atoms with Crippen LogP contribution in [0.3, 0.4) is 0 Å². The molecule has 0 saturated carbocycles. The average molecular weight is 625 g/mol. The van der Waals surface area contributed by atoms with E-state index in [1.807, 2.05) is 0 Å². The highest BCUT2D eigenvalue weighted by atomic mass is 31.2. The van der Waals surface area contributed by atoms with Crippen molar-refractivity contribution in [3.63, 3.8) is 0 Å². The van der Waals surface area contributed by atoms with Gasteiger partial charge in [-0.25, -0.2) is 4.57 Å². The van der Waals surface area contributed by atoms with Crippen LogP contribution < -0.4 is 0 Å². The quantitative estimate of drug-likeness (QED) is 0.0412. The number of rotatable bonds is 31. The molecule has 0 saturated heterocycles. The van der Waals surface area contributed by atoms with Gasteiger partial charge in [0.25, 0.3) is 0 Å². The molecule has 0 aliphatic heterocycles. The first kappa shape index (κ1) is 41.0. The third-order valence-electron chi connectivity index (χ3n) is 7.07. The number of phosphoric ester groups is 1. The van der Waals surface area contributed by atoms with Gasteiger partial charge < -0.3 is 24.6 Å². The highest BCUT2D eigenvalue weighted by Crippen LogP contribution is 2.43. The molecule has 3 unspecified atom stereocenters. The SMILES string of the molecule is CCCCCCCCCCCCCCCCCC(=O)OC(CO)COP(=O)(O)OCC(CO)OC(=O)CCCCCC. The molecular formula is C31H61O10P. The Morgan fingerprint density at radius 3 is 1.14 bits per heavy atom. The Balaban J connectivity index is 3.93. The van der Waals surface area contributed by atoms with E-state index in [1.54, 1.807) is 0 Å². The fourth-order valence-electron chi connectivity index (χ4n) is 4.47. The van der Waals surface area contributed by atoms with E-state index in [1.165, 1.54) is 70.6 Å². The number of phosphoric acid groups is 1. The second-order valence-corrected chi connectivity index (χ2v) is 12.6. The van der Waals surface area contributed by atoms with Gasteiger partial charge in [-0.2, -0.15) is 0 Å². The van der Waals surface area contributed by atoms with Crippen LogP contribution in [0.5, 0.6) is 0 Å². The topological polar surface area (TPSA) is 149 Å². The fourth-order valence-corrected chi connectivity index (χ4v) is 5.25. The first-order valence-corrected chi connectivity index (χ1v) is 18.0. The zero-order valence-corrected chi connectivity index (χ0v) is 27.4. The summed E-state index contributed by atoms with van der Waals surface area (Å²) in [6.45, 7) is 2.04. The minimum Gasteiger partial charge on any atom is -0.457 e. The molecule has 10 nitrogen and oxygen atoms in total. The van der Waals surface area contributed by atoms with Crippen LogP contribution in [0.15, 0.2) is 0 Å². The number of ether oxygens (including phenoxy) is 2. The van der Waals surface area contributed by atoms with E-state index >= 15 is 0 Å². The van der Waals surface area contributed by atoms with Crippen molar-refractivity contribution in [2.24, 2.45) is 0 Å². The Morgan fingerprint density at radius 2 is 0.833 bits per heavy atom. The van der Waals surface area contributed by atoms with Gasteiger partial charge in [0.1, 0.15) is 12.2 Å². The maximum absolute atomic E-state index is 12.2. The zero-order chi connectivity index (χ0) is 31.3.